The van der Waals surface area contributed by atoms with Crippen molar-refractivity contribution < 1.29 is 9.53 Å². The van der Waals surface area contributed by atoms with E-state index in [9.17, 15) is 4.79 Å². The van der Waals surface area contributed by atoms with Gasteiger partial charge in [-0.25, -0.2) is 4.68 Å². The molecule has 2 aromatic rings. The number of nitrogens with one attached hydrogen (secondary N) is 1. The van der Waals surface area contributed by atoms with Crippen LogP contribution in [0.5, 0.6) is 0 Å². The molecule has 2 rings (SSSR count). The van der Waals surface area contributed by atoms with Crippen LogP contribution >= 0.6 is 0 Å². The van der Waals surface area contributed by atoms with Crippen molar-refractivity contribution in [3.8, 4) is 5.69 Å². The monoisotopic (exact) mass is 315 g/mol. The number of aryl methyl sites for hydroxylation is 2. The fraction of sp³-hybridized carbons (Fsp3) is 0.444. The molecule has 124 valence electrons. The maximum Gasteiger partial charge on any atom is 0.251 e. The SMILES string of the molecule is Cc1cc(C)n(-c2ccc(C(=O)NCCCOC(C)C)cc2)n1. The number of hydrogen-bond donors (Lipinski definition) is 1. The van der Waals surface area contributed by atoms with Gasteiger partial charge in [0.1, 0.15) is 0 Å². The smallest absolute Gasteiger partial charge is 0.251 e. The van der Waals surface area contributed by atoms with E-state index < -0.39 is 0 Å². The predicted molar refractivity (Wildman–Crippen MR) is 91.1 cm³/mol. The molecule has 0 spiro atoms. The van der Waals surface area contributed by atoms with Crippen molar-refractivity contribution in [1.29, 1.82) is 0 Å². The largest absolute Gasteiger partial charge is 0.379 e. The Bertz CT molecular complexity index is 645. The van der Waals surface area contributed by atoms with E-state index in [-0.39, 0.29) is 12.0 Å². The third kappa shape index (κ3) is 4.93. The minimum atomic E-state index is -0.0607. The lowest BCUT2D eigenvalue weighted by molar-refractivity contribution is 0.0757. The molecule has 1 aromatic heterocycles. The van der Waals surface area contributed by atoms with E-state index in [4.69, 9.17) is 4.74 Å². The second-order valence-electron chi connectivity index (χ2n) is 5.91. The van der Waals surface area contributed by atoms with Crippen LogP contribution in [0.1, 0.15) is 42.0 Å². The quantitative estimate of drug-likeness (QED) is 0.799. The molecule has 0 atom stereocenters. The molecule has 1 aromatic carbocycles. The Morgan fingerprint density at radius 3 is 2.52 bits per heavy atom. The van der Waals surface area contributed by atoms with Gasteiger partial charge in [-0.3, -0.25) is 4.79 Å². The van der Waals surface area contributed by atoms with Crippen LogP contribution < -0.4 is 5.32 Å². The molecule has 0 aliphatic rings. The zero-order valence-electron chi connectivity index (χ0n) is 14.3. The number of rotatable bonds is 7. The van der Waals surface area contributed by atoms with Gasteiger partial charge in [0.15, 0.2) is 0 Å². The average molecular weight is 315 g/mol. The van der Waals surface area contributed by atoms with Gasteiger partial charge < -0.3 is 10.1 Å². The maximum atomic E-state index is 12.1. The molecule has 0 aliphatic heterocycles. The highest BCUT2D eigenvalue weighted by Gasteiger charge is 2.07. The lowest BCUT2D eigenvalue weighted by Gasteiger charge is -2.09. The summed E-state index contributed by atoms with van der Waals surface area (Å²) in [5.74, 6) is -0.0607. The minimum absolute atomic E-state index is 0.0607. The van der Waals surface area contributed by atoms with Gasteiger partial charge in [0.05, 0.1) is 17.5 Å². The third-order valence-corrected chi connectivity index (χ3v) is 3.44. The van der Waals surface area contributed by atoms with Gasteiger partial charge in [-0.05, 0) is 64.4 Å². The Hall–Kier alpha value is -2.14. The number of benzene rings is 1. The van der Waals surface area contributed by atoms with Crippen molar-refractivity contribution in [2.24, 2.45) is 0 Å². The number of hydrogen-bond acceptors (Lipinski definition) is 3. The third-order valence-electron chi connectivity index (χ3n) is 3.44. The standard InChI is InChI=1S/C18H25N3O2/c1-13(2)23-11-5-10-19-18(22)16-6-8-17(9-7-16)21-15(4)12-14(3)20-21/h6-9,12-13H,5,10-11H2,1-4H3,(H,19,22). The van der Waals surface area contributed by atoms with Crippen LogP contribution in [-0.2, 0) is 4.74 Å². The van der Waals surface area contributed by atoms with E-state index in [1.54, 1.807) is 0 Å². The van der Waals surface area contributed by atoms with E-state index in [2.05, 4.69) is 10.4 Å². The van der Waals surface area contributed by atoms with Gasteiger partial charge in [-0.2, -0.15) is 5.10 Å². The number of carbonyl (C=O) groups is 1. The highest BCUT2D eigenvalue weighted by Crippen LogP contribution is 2.13. The minimum Gasteiger partial charge on any atom is -0.379 e. The zero-order valence-corrected chi connectivity index (χ0v) is 14.3. The summed E-state index contributed by atoms with van der Waals surface area (Å²) in [7, 11) is 0. The van der Waals surface area contributed by atoms with Crippen molar-refractivity contribution in [2.45, 2.75) is 40.2 Å². The van der Waals surface area contributed by atoms with E-state index in [0.717, 1.165) is 23.5 Å². The van der Waals surface area contributed by atoms with E-state index in [1.807, 2.05) is 62.7 Å². The van der Waals surface area contributed by atoms with Crippen LogP contribution in [0.4, 0.5) is 0 Å². The first-order chi connectivity index (χ1) is 11.0. The number of ether oxygens (including phenoxy) is 1. The summed E-state index contributed by atoms with van der Waals surface area (Å²) in [4.78, 5) is 12.1. The summed E-state index contributed by atoms with van der Waals surface area (Å²) in [5, 5.41) is 7.35. The summed E-state index contributed by atoms with van der Waals surface area (Å²) in [6, 6.07) is 9.50. The van der Waals surface area contributed by atoms with Gasteiger partial charge >= 0.3 is 0 Å². The van der Waals surface area contributed by atoms with Crippen molar-refractivity contribution in [2.75, 3.05) is 13.2 Å². The van der Waals surface area contributed by atoms with E-state index in [1.165, 1.54) is 0 Å². The number of carbonyl (C=O) groups excluding carboxylic acids is 1. The summed E-state index contributed by atoms with van der Waals surface area (Å²) in [6.45, 7) is 9.26. The molecule has 23 heavy (non-hydrogen) atoms. The number of aromatic nitrogens is 2. The van der Waals surface area contributed by atoms with Crippen LogP contribution in [0.15, 0.2) is 30.3 Å². The fourth-order valence-corrected chi connectivity index (χ4v) is 2.34. The van der Waals surface area contributed by atoms with Crippen LogP contribution in [0.25, 0.3) is 5.69 Å². The van der Waals surface area contributed by atoms with Crippen molar-refractivity contribution >= 4 is 5.91 Å². The molecule has 0 unspecified atom stereocenters. The van der Waals surface area contributed by atoms with Crippen molar-refractivity contribution in [3.05, 3.63) is 47.3 Å². The van der Waals surface area contributed by atoms with Crippen molar-refractivity contribution in [1.82, 2.24) is 15.1 Å². The molecule has 1 amide bonds. The zero-order chi connectivity index (χ0) is 16.8. The first-order valence-electron chi connectivity index (χ1n) is 8.01. The Morgan fingerprint density at radius 2 is 1.96 bits per heavy atom. The molecule has 0 saturated carbocycles. The predicted octanol–water partition coefficient (Wildman–Crippen LogP) is 3.03. The topological polar surface area (TPSA) is 56.2 Å². The number of nitrogens with zero attached hydrogens (tertiary/aromatic N) is 2. The molecule has 0 saturated heterocycles. The van der Waals surface area contributed by atoms with Crippen LogP contribution in [-0.4, -0.2) is 34.9 Å². The molecular weight excluding hydrogens is 290 g/mol. The average Bonchev–Trinajstić information content (AvgIpc) is 2.85. The molecule has 5 heteroatoms. The number of amides is 1. The second kappa shape index (κ2) is 7.92. The molecule has 0 bridgehead atoms. The summed E-state index contributed by atoms with van der Waals surface area (Å²) >= 11 is 0. The summed E-state index contributed by atoms with van der Waals surface area (Å²) < 4.78 is 7.32. The van der Waals surface area contributed by atoms with Crippen molar-refractivity contribution in [3.63, 3.8) is 0 Å². The van der Waals surface area contributed by atoms with Gasteiger partial charge in [0, 0.05) is 24.4 Å². The molecular formula is C18H25N3O2. The first-order valence-corrected chi connectivity index (χ1v) is 8.01. The normalized spacial score (nSPS) is 11.0. The first kappa shape index (κ1) is 17.2. The molecule has 1 N–H and O–H groups in total. The Morgan fingerprint density at radius 1 is 1.26 bits per heavy atom. The van der Waals surface area contributed by atoms with E-state index >= 15 is 0 Å². The molecule has 0 radical (unpaired) electrons. The second-order valence-corrected chi connectivity index (χ2v) is 5.91. The Kier molecular flexibility index (Phi) is 5.93. The lowest BCUT2D eigenvalue weighted by Crippen LogP contribution is -2.25. The Labute approximate surface area is 137 Å². The van der Waals surface area contributed by atoms with E-state index in [0.29, 0.717) is 18.7 Å². The molecule has 0 aliphatic carbocycles. The van der Waals surface area contributed by atoms with Crippen LogP contribution in [0.2, 0.25) is 0 Å². The highest BCUT2D eigenvalue weighted by atomic mass is 16.5. The molecule has 5 nitrogen and oxygen atoms in total. The maximum absolute atomic E-state index is 12.1. The van der Waals surface area contributed by atoms with Gasteiger partial charge in [0.25, 0.3) is 5.91 Å². The molecule has 0 fully saturated rings. The van der Waals surface area contributed by atoms with Gasteiger partial charge in [0.2, 0.25) is 0 Å². The molecule has 1 heterocycles. The summed E-state index contributed by atoms with van der Waals surface area (Å²) in [5.41, 5.74) is 3.66. The van der Waals surface area contributed by atoms with Gasteiger partial charge in [-0.15, -0.1) is 0 Å². The highest BCUT2D eigenvalue weighted by molar-refractivity contribution is 5.94. The summed E-state index contributed by atoms with van der Waals surface area (Å²) in [6.07, 6.45) is 1.04. The fourth-order valence-electron chi connectivity index (χ4n) is 2.34. The van der Waals surface area contributed by atoms with Crippen LogP contribution in [0, 0.1) is 13.8 Å². The van der Waals surface area contributed by atoms with Crippen LogP contribution in [0.3, 0.4) is 0 Å². The lowest BCUT2D eigenvalue weighted by atomic mass is 10.2. The Balaban J connectivity index is 1.89. The van der Waals surface area contributed by atoms with Gasteiger partial charge in [-0.1, -0.05) is 0 Å².